The van der Waals surface area contributed by atoms with Crippen molar-refractivity contribution in [3.05, 3.63) is 54.4 Å². The van der Waals surface area contributed by atoms with Crippen molar-refractivity contribution >= 4 is 29.1 Å². The predicted molar refractivity (Wildman–Crippen MR) is 114 cm³/mol. The number of carbonyl (C=O) groups excluding carboxylic acids is 2. The zero-order valence-corrected chi connectivity index (χ0v) is 17.6. The maximum atomic E-state index is 12.8. The zero-order valence-electron chi connectivity index (χ0n) is 16.8. The molecule has 1 amide bonds. The molecule has 0 bridgehead atoms. The summed E-state index contributed by atoms with van der Waals surface area (Å²) in [6, 6.07) is 10.7. The Balaban J connectivity index is 1.68. The molecule has 3 aromatic rings. The van der Waals surface area contributed by atoms with Crippen LogP contribution in [0.15, 0.2) is 53.9 Å². The molecular weight excluding hydrogens is 386 g/mol. The normalized spacial score (nSPS) is 12.0. The van der Waals surface area contributed by atoms with Gasteiger partial charge < -0.3 is 9.88 Å². The monoisotopic (exact) mass is 409 g/mol. The van der Waals surface area contributed by atoms with E-state index in [2.05, 4.69) is 20.5 Å². The van der Waals surface area contributed by atoms with Gasteiger partial charge in [-0.25, -0.2) is 0 Å². The molecule has 1 N–H and O–H groups in total. The summed E-state index contributed by atoms with van der Waals surface area (Å²) >= 11 is 1.36. The number of amides is 1. The smallest absolute Gasteiger partial charge is 0.226 e. The van der Waals surface area contributed by atoms with Crippen molar-refractivity contribution in [2.75, 3.05) is 5.32 Å². The third-order valence-electron chi connectivity index (χ3n) is 4.39. The summed E-state index contributed by atoms with van der Waals surface area (Å²) in [5.74, 6) is 0.557. The minimum atomic E-state index is -0.334. The summed E-state index contributed by atoms with van der Waals surface area (Å²) in [7, 11) is 1.88. The van der Waals surface area contributed by atoms with Crippen LogP contribution in [0.3, 0.4) is 0 Å². The lowest BCUT2D eigenvalue weighted by molar-refractivity contribution is -0.118. The van der Waals surface area contributed by atoms with E-state index in [4.69, 9.17) is 0 Å². The molecule has 0 aliphatic rings. The molecule has 0 saturated carbocycles. The summed E-state index contributed by atoms with van der Waals surface area (Å²) in [6.07, 6.45) is 3.41. The fourth-order valence-corrected chi connectivity index (χ4v) is 3.51. The van der Waals surface area contributed by atoms with Crippen LogP contribution in [-0.2, 0) is 11.8 Å². The van der Waals surface area contributed by atoms with Crippen LogP contribution >= 0.6 is 11.8 Å². The van der Waals surface area contributed by atoms with Crippen LogP contribution in [-0.4, -0.2) is 36.7 Å². The van der Waals surface area contributed by atoms with Gasteiger partial charge in [0.2, 0.25) is 5.91 Å². The molecule has 7 nitrogen and oxygen atoms in total. The van der Waals surface area contributed by atoms with E-state index in [0.29, 0.717) is 16.4 Å². The third-order valence-corrected chi connectivity index (χ3v) is 5.52. The second kappa shape index (κ2) is 9.00. The highest BCUT2D eigenvalue weighted by Crippen LogP contribution is 2.27. The molecule has 2 heterocycles. The fourth-order valence-electron chi connectivity index (χ4n) is 2.62. The molecule has 0 fully saturated rings. The van der Waals surface area contributed by atoms with E-state index in [1.165, 1.54) is 11.8 Å². The van der Waals surface area contributed by atoms with E-state index in [9.17, 15) is 9.59 Å². The summed E-state index contributed by atoms with van der Waals surface area (Å²) in [5, 5.41) is 11.6. The number of aromatic nitrogens is 4. The Kier molecular flexibility index (Phi) is 6.43. The first-order valence-electron chi connectivity index (χ1n) is 9.28. The van der Waals surface area contributed by atoms with E-state index in [-0.39, 0.29) is 22.9 Å². The van der Waals surface area contributed by atoms with Crippen LogP contribution in [0.2, 0.25) is 0 Å². The Morgan fingerprint density at radius 3 is 2.28 bits per heavy atom. The van der Waals surface area contributed by atoms with Gasteiger partial charge in [-0.1, -0.05) is 25.6 Å². The van der Waals surface area contributed by atoms with E-state index in [1.807, 2.05) is 44.5 Å². The van der Waals surface area contributed by atoms with E-state index < -0.39 is 0 Å². The average molecular weight is 410 g/mol. The first-order valence-corrected chi connectivity index (χ1v) is 10.2. The van der Waals surface area contributed by atoms with Crippen molar-refractivity contribution in [3.63, 3.8) is 0 Å². The predicted octanol–water partition coefficient (Wildman–Crippen LogP) is 3.84. The molecule has 1 aromatic carbocycles. The number of ketones is 1. The molecule has 1 unspecified atom stereocenters. The number of thioether (sulfide) groups is 1. The van der Waals surface area contributed by atoms with Crippen LogP contribution in [0, 0.1) is 5.92 Å². The maximum absolute atomic E-state index is 12.8. The number of nitrogens with one attached hydrogen (secondary N) is 1. The molecule has 3 rings (SSSR count). The van der Waals surface area contributed by atoms with Crippen LogP contribution in [0.25, 0.3) is 11.4 Å². The molecule has 29 heavy (non-hydrogen) atoms. The lowest BCUT2D eigenvalue weighted by Gasteiger charge is -2.11. The van der Waals surface area contributed by atoms with Gasteiger partial charge in [0, 0.05) is 42.2 Å². The largest absolute Gasteiger partial charge is 0.326 e. The van der Waals surface area contributed by atoms with Gasteiger partial charge in [0.1, 0.15) is 0 Å². The molecule has 0 aliphatic carbocycles. The maximum Gasteiger partial charge on any atom is 0.226 e. The zero-order chi connectivity index (χ0) is 21.0. The summed E-state index contributed by atoms with van der Waals surface area (Å²) in [4.78, 5) is 28.6. The van der Waals surface area contributed by atoms with Gasteiger partial charge in [0.05, 0.1) is 5.25 Å². The van der Waals surface area contributed by atoms with Crippen molar-refractivity contribution < 1.29 is 9.59 Å². The Bertz CT molecular complexity index is 1000. The molecule has 1 atom stereocenters. The van der Waals surface area contributed by atoms with Gasteiger partial charge in [0.25, 0.3) is 0 Å². The number of Topliss-reactive ketones (excluding diaryl/α,β-unsaturated/α-hetero) is 1. The number of benzene rings is 1. The van der Waals surface area contributed by atoms with Gasteiger partial charge >= 0.3 is 0 Å². The first-order chi connectivity index (χ1) is 13.9. The number of hydrogen-bond acceptors (Lipinski definition) is 6. The SMILES string of the molecule is CC(C)C(=O)Nc1ccc(C(=O)C(C)Sc2nnc(-c3ccncc3)n2C)cc1. The molecule has 150 valence electrons. The number of pyridine rings is 1. The van der Waals surface area contributed by atoms with E-state index >= 15 is 0 Å². The minimum Gasteiger partial charge on any atom is -0.326 e. The van der Waals surface area contributed by atoms with Crippen LogP contribution in [0.4, 0.5) is 5.69 Å². The molecule has 0 radical (unpaired) electrons. The molecule has 0 aliphatic heterocycles. The lowest BCUT2D eigenvalue weighted by Crippen LogP contribution is -2.18. The fraction of sp³-hybridized carbons (Fsp3) is 0.286. The van der Waals surface area contributed by atoms with Gasteiger partial charge in [-0.3, -0.25) is 14.6 Å². The van der Waals surface area contributed by atoms with Gasteiger partial charge in [-0.2, -0.15) is 0 Å². The van der Waals surface area contributed by atoms with Crippen molar-refractivity contribution in [1.29, 1.82) is 0 Å². The van der Waals surface area contributed by atoms with Gasteiger partial charge in [-0.15, -0.1) is 10.2 Å². The Morgan fingerprint density at radius 2 is 1.66 bits per heavy atom. The second-order valence-electron chi connectivity index (χ2n) is 6.95. The number of rotatable bonds is 7. The van der Waals surface area contributed by atoms with Crippen LogP contribution in [0.5, 0.6) is 0 Å². The van der Waals surface area contributed by atoms with Crippen molar-refractivity contribution in [2.45, 2.75) is 31.2 Å². The highest BCUT2D eigenvalue weighted by molar-refractivity contribution is 8.00. The van der Waals surface area contributed by atoms with Crippen molar-refractivity contribution in [2.24, 2.45) is 13.0 Å². The number of anilines is 1. The van der Waals surface area contributed by atoms with Crippen molar-refractivity contribution in [3.8, 4) is 11.4 Å². The van der Waals surface area contributed by atoms with Gasteiger partial charge in [-0.05, 0) is 43.3 Å². The van der Waals surface area contributed by atoms with Crippen LogP contribution in [0.1, 0.15) is 31.1 Å². The third kappa shape index (κ3) is 4.89. The molecule has 2 aromatic heterocycles. The quantitative estimate of drug-likeness (QED) is 0.471. The standard InChI is InChI=1S/C21H23N5O2S/c1-13(2)20(28)23-17-7-5-15(6-8-17)18(27)14(3)29-21-25-24-19(26(21)4)16-9-11-22-12-10-16/h5-14H,1-4H3,(H,23,28). The lowest BCUT2D eigenvalue weighted by atomic mass is 10.1. The molecule has 0 spiro atoms. The number of nitrogens with zero attached hydrogens (tertiary/aromatic N) is 4. The summed E-state index contributed by atoms with van der Waals surface area (Å²) in [6.45, 7) is 5.51. The van der Waals surface area contributed by atoms with E-state index in [0.717, 1.165) is 11.4 Å². The minimum absolute atomic E-state index is 0.00908. The molecular formula is C21H23N5O2S. The number of hydrogen-bond donors (Lipinski definition) is 1. The first kappa shape index (κ1) is 20.7. The van der Waals surface area contributed by atoms with Gasteiger partial charge in [0.15, 0.2) is 16.8 Å². The highest BCUT2D eigenvalue weighted by atomic mass is 32.2. The molecule has 8 heteroatoms. The van der Waals surface area contributed by atoms with E-state index in [1.54, 1.807) is 36.7 Å². The Labute approximate surface area is 174 Å². The second-order valence-corrected chi connectivity index (χ2v) is 8.25. The number of carbonyl (C=O) groups is 2. The van der Waals surface area contributed by atoms with Crippen LogP contribution < -0.4 is 5.32 Å². The highest BCUT2D eigenvalue weighted by Gasteiger charge is 2.20. The molecule has 0 saturated heterocycles. The van der Waals surface area contributed by atoms with Crippen molar-refractivity contribution in [1.82, 2.24) is 19.7 Å². The Morgan fingerprint density at radius 1 is 1.00 bits per heavy atom. The Hall–Kier alpha value is -3.00. The summed E-state index contributed by atoms with van der Waals surface area (Å²) in [5.41, 5.74) is 2.18. The average Bonchev–Trinajstić information content (AvgIpc) is 3.08. The topological polar surface area (TPSA) is 89.8 Å². The summed E-state index contributed by atoms with van der Waals surface area (Å²) < 4.78 is 1.87.